The van der Waals surface area contributed by atoms with Crippen LogP contribution in [0.5, 0.6) is 0 Å². The Balaban J connectivity index is 1.96. The van der Waals surface area contributed by atoms with Gasteiger partial charge in [0.1, 0.15) is 17.2 Å². The highest BCUT2D eigenvalue weighted by atomic mass is 32.1. The predicted molar refractivity (Wildman–Crippen MR) is 77.2 cm³/mol. The normalized spacial score (nSPS) is 11.1. The number of aromatic amines is 1. The van der Waals surface area contributed by atoms with Crippen LogP contribution in [0, 0.1) is 16.4 Å². The Kier molecular flexibility index (Phi) is 3.36. The fourth-order valence-corrected chi connectivity index (χ4v) is 2.59. The van der Waals surface area contributed by atoms with E-state index in [2.05, 4.69) is 4.98 Å². The number of hydrogen-bond acceptors (Lipinski definition) is 1. The second-order valence-corrected chi connectivity index (χ2v) is 4.94. The summed E-state index contributed by atoms with van der Waals surface area (Å²) in [4.78, 5) is 2.86. The van der Waals surface area contributed by atoms with Gasteiger partial charge in [-0.25, -0.2) is 8.78 Å². The Morgan fingerprint density at radius 3 is 2.55 bits per heavy atom. The number of halogens is 2. The van der Waals surface area contributed by atoms with Gasteiger partial charge in [0.2, 0.25) is 0 Å². The summed E-state index contributed by atoms with van der Waals surface area (Å²) >= 11 is 5.21. The highest BCUT2D eigenvalue weighted by molar-refractivity contribution is 7.71. The first-order chi connectivity index (χ1) is 9.66. The molecular formula is C15H12F2N2S. The first-order valence-electron chi connectivity index (χ1n) is 6.27. The molecule has 2 aromatic carbocycles. The van der Waals surface area contributed by atoms with Gasteiger partial charge in [0.05, 0.1) is 5.52 Å². The van der Waals surface area contributed by atoms with Gasteiger partial charge >= 0.3 is 0 Å². The van der Waals surface area contributed by atoms with Crippen LogP contribution in [-0.2, 0) is 13.0 Å². The first kappa shape index (κ1) is 13.0. The van der Waals surface area contributed by atoms with Crippen LogP contribution in [0.15, 0.2) is 42.5 Å². The molecule has 5 heteroatoms. The van der Waals surface area contributed by atoms with Crippen LogP contribution in [0.1, 0.15) is 5.56 Å². The standard InChI is InChI=1S/C15H12F2N2S/c16-11-5-2-1-4-10(11)8-9-19-13-7-3-6-12(17)14(13)18-15(19)20/h1-7H,8-9H2,(H,18,20). The molecule has 0 aliphatic heterocycles. The lowest BCUT2D eigenvalue weighted by Gasteiger charge is -2.06. The molecule has 102 valence electrons. The van der Waals surface area contributed by atoms with Crippen LogP contribution < -0.4 is 0 Å². The molecule has 0 atom stereocenters. The van der Waals surface area contributed by atoms with Crippen molar-refractivity contribution in [2.45, 2.75) is 13.0 Å². The van der Waals surface area contributed by atoms with E-state index in [4.69, 9.17) is 12.2 Å². The first-order valence-corrected chi connectivity index (χ1v) is 6.68. The quantitative estimate of drug-likeness (QED) is 0.716. The Bertz CT molecular complexity index is 820. The van der Waals surface area contributed by atoms with E-state index >= 15 is 0 Å². The number of aryl methyl sites for hydroxylation is 2. The average molecular weight is 290 g/mol. The van der Waals surface area contributed by atoms with Crippen LogP contribution in [0.25, 0.3) is 11.0 Å². The van der Waals surface area contributed by atoms with Crippen molar-refractivity contribution in [2.75, 3.05) is 0 Å². The smallest absolute Gasteiger partial charge is 0.178 e. The number of nitrogens with zero attached hydrogens (tertiary/aromatic N) is 1. The molecule has 3 aromatic rings. The molecule has 0 bridgehead atoms. The zero-order valence-corrected chi connectivity index (χ0v) is 11.4. The summed E-state index contributed by atoms with van der Waals surface area (Å²) < 4.78 is 29.5. The van der Waals surface area contributed by atoms with Crippen molar-refractivity contribution in [3.05, 3.63) is 64.4 Å². The third-order valence-electron chi connectivity index (χ3n) is 3.32. The van der Waals surface area contributed by atoms with E-state index in [9.17, 15) is 8.78 Å². The number of benzene rings is 2. The molecule has 0 saturated carbocycles. The molecule has 0 radical (unpaired) electrons. The summed E-state index contributed by atoms with van der Waals surface area (Å²) in [5, 5.41) is 0. The maximum Gasteiger partial charge on any atom is 0.178 e. The van der Waals surface area contributed by atoms with Crippen LogP contribution >= 0.6 is 12.2 Å². The summed E-state index contributed by atoms with van der Waals surface area (Å²) in [6.45, 7) is 0.503. The van der Waals surface area contributed by atoms with Gasteiger partial charge in [0.25, 0.3) is 0 Å². The maximum absolute atomic E-state index is 13.7. The van der Waals surface area contributed by atoms with Crippen molar-refractivity contribution in [3.63, 3.8) is 0 Å². The van der Waals surface area contributed by atoms with E-state index in [1.807, 2.05) is 0 Å². The number of hydrogen-bond donors (Lipinski definition) is 1. The molecular weight excluding hydrogens is 278 g/mol. The Labute approximate surface area is 119 Å². The number of fused-ring (bicyclic) bond motifs is 1. The summed E-state index contributed by atoms with van der Waals surface area (Å²) in [7, 11) is 0. The van der Waals surface area contributed by atoms with Crippen LogP contribution in [0.4, 0.5) is 8.78 Å². The maximum atomic E-state index is 13.7. The lowest BCUT2D eigenvalue weighted by atomic mass is 10.1. The van der Waals surface area contributed by atoms with Gasteiger partial charge in [-0.15, -0.1) is 0 Å². The van der Waals surface area contributed by atoms with Crippen molar-refractivity contribution < 1.29 is 8.78 Å². The lowest BCUT2D eigenvalue weighted by Crippen LogP contribution is -2.02. The van der Waals surface area contributed by atoms with Gasteiger partial charge < -0.3 is 9.55 Å². The van der Waals surface area contributed by atoms with Crippen LogP contribution in [0.3, 0.4) is 0 Å². The van der Waals surface area contributed by atoms with E-state index in [1.165, 1.54) is 12.1 Å². The number of H-pyrrole nitrogens is 1. The number of aromatic nitrogens is 2. The molecule has 0 unspecified atom stereocenters. The zero-order valence-electron chi connectivity index (χ0n) is 10.6. The highest BCUT2D eigenvalue weighted by Gasteiger charge is 2.09. The van der Waals surface area contributed by atoms with Crippen molar-refractivity contribution in [3.8, 4) is 0 Å². The molecule has 3 rings (SSSR count). The Morgan fingerprint density at radius 2 is 1.75 bits per heavy atom. The molecule has 0 aliphatic rings. The van der Waals surface area contributed by atoms with Gasteiger partial charge in [-0.2, -0.15) is 0 Å². The molecule has 2 nitrogen and oxygen atoms in total. The van der Waals surface area contributed by atoms with E-state index in [0.717, 1.165) is 0 Å². The van der Waals surface area contributed by atoms with Crippen LogP contribution in [0.2, 0.25) is 0 Å². The summed E-state index contributed by atoms with van der Waals surface area (Å²) in [6.07, 6.45) is 0.504. The molecule has 0 fully saturated rings. The molecule has 0 saturated heterocycles. The molecule has 0 aliphatic carbocycles. The molecule has 1 N–H and O–H groups in total. The third-order valence-corrected chi connectivity index (χ3v) is 3.64. The van der Waals surface area contributed by atoms with Gasteiger partial charge in [0, 0.05) is 6.54 Å². The van der Waals surface area contributed by atoms with Gasteiger partial charge in [-0.05, 0) is 42.4 Å². The van der Waals surface area contributed by atoms with Gasteiger partial charge in [-0.3, -0.25) is 0 Å². The van der Waals surface area contributed by atoms with E-state index in [-0.39, 0.29) is 11.6 Å². The van der Waals surface area contributed by atoms with Crippen molar-refractivity contribution in [1.82, 2.24) is 9.55 Å². The minimum atomic E-state index is -0.335. The van der Waals surface area contributed by atoms with E-state index < -0.39 is 0 Å². The highest BCUT2D eigenvalue weighted by Crippen LogP contribution is 2.18. The number of nitrogens with one attached hydrogen (secondary N) is 1. The van der Waals surface area contributed by atoms with Gasteiger partial charge in [0.15, 0.2) is 4.77 Å². The minimum absolute atomic E-state index is 0.231. The zero-order chi connectivity index (χ0) is 14.1. The molecule has 0 spiro atoms. The number of rotatable bonds is 3. The lowest BCUT2D eigenvalue weighted by molar-refractivity contribution is 0.595. The predicted octanol–water partition coefficient (Wildman–Crippen LogP) is 4.22. The second kappa shape index (κ2) is 5.17. The second-order valence-electron chi connectivity index (χ2n) is 4.56. The summed E-state index contributed by atoms with van der Waals surface area (Å²) in [5.41, 5.74) is 1.72. The monoisotopic (exact) mass is 290 g/mol. The van der Waals surface area contributed by atoms with Crippen LogP contribution in [-0.4, -0.2) is 9.55 Å². The van der Waals surface area contributed by atoms with Crippen molar-refractivity contribution in [1.29, 1.82) is 0 Å². The van der Waals surface area contributed by atoms with E-state index in [1.54, 1.807) is 34.9 Å². The molecule has 0 amide bonds. The largest absolute Gasteiger partial charge is 0.328 e. The SMILES string of the molecule is Fc1ccccc1CCn1c(=S)[nH]c2c(F)cccc21. The van der Waals surface area contributed by atoms with Gasteiger partial charge in [-0.1, -0.05) is 24.3 Å². The molecule has 20 heavy (non-hydrogen) atoms. The Morgan fingerprint density at radius 1 is 1.00 bits per heavy atom. The topological polar surface area (TPSA) is 20.7 Å². The fourth-order valence-electron chi connectivity index (χ4n) is 2.30. The van der Waals surface area contributed by atoms with Crippen molar-refractivity contribution in [2.24, 2.45) is 0 Å². The summed E-state index contributed by atoms with van der Waals surface area (Å²) in [6, 6.07) is 11.5. The summed E-state index contributed by atoms with van der Waals surface area (Å²) in [5.74, 6) is -0.566. The third kappa shape index (κ3) is 2.25. The molecule has 1 heterocycles. The minimum Gasteiger partial charge on any atom is -0.328 e. The number of para-hydroxylation sites is 1. The Hall–Kier alpha value is -2.01. The van der Waals surface area contributed by atoms with E-state index in [0.29, 0.717) is 34.3 Å². The van der Waals surface area contributed by atoms with Crippen molar-refractivity contribution >= 4 is 23.3 Å². The molecule has 1 aromatic heterocycles. The fraction of sp³-hybridized carbons (Fsp3) is 0.133. The number of imidazole rings is 1. The average Bonchev–Trinajstić information content (AvgIpc) is 2.76.